The lowest BCUT2D eigenvalue weighted by Crippen LogP contribution is -2.32. The van der Waals surface area contributed by atoms with Gasteiger partial charge < -0.3 is 4.74 Å². The van der Waals surface area contributed by atoms with Crippen LogP contribution in [0.25, 0.3) is 0 Å². The Morgan fingerprint density at radius 1 is 1.06 bits per heavy atom. The molecule has 31 heavy (non-hydrogen) atoms. The quantitative estimate of drug-likeness (QED) is 0.622. The van der Waals surface area contributed by atoms with Crippen LogP contribution < -0.4 is 14.4 Å². The number of carbonyl (C=O) groups excluding carboxylic acids is 1. The van der Waals surface area contributed by atoms with Crippen molar-refractivity contribution in [2.45, 2.75) is 31.2 Å². The zero-order valence-electron chi connectivity index (χ0n) is 17.3. The molecule has 2 aromatic carbocycles. The van der Waals surface area contributed by atoms with E-state index in [-0.39, 0.29) is 16.4 Å². The number of hydrogen-bond acceptors (Lipinski definition) is 5. The number of nitrogens with zero attached hydrogens (tertiary/aromatic N) is 2. The Kier molecular flexibility index (Phi) is 5.75. The van der Waals surface area contributed by atoms with Crippen molar-refractivity contribution in [1.82, 2.24) is 9.71 Å². The Morgan fingerprint density at radius 2 is 1.84 bits per heavy atom. The molecule has 0 bridgehead atoms. The maximum Gasteiger partial charge on any atom is 0.263 e. The van der Waals surface area contributed by atoms with Crippen LogP contribution in [0.1, 0.15) is 42.2 Å². The molecule has 3 aromatic rings. The number of amides is 1. The van der Waals surface area contributed by atoms with E-state index in [2.05, 4.69) is 9.71 Å². The Balaban J connectivity index is 1.70. The summed E-state index contributed by atoms with van der Waals surface area (Å²) in [4.78, 5) is 19.1. The van der Waals surface area contributed by atoms with Crippen LogP contribution in [0.15, 0.2) is 71.8 Å². The van der Waals surface area contributed by atoms with Crippen molar-refractivity contribution in [2.24, 2.45) is 0 Å². The molecule has 1 N–H and O–H groups in total. The van der Waals surface area contributed by atoms with Gasteiger partial charge in [0.2, 0.25) is 10.0 Å². The Hall–Kier alpha value is -3.23. The van der Waals surface area contributed by atoms with Gasteiger partial charge in [-0.3, -0.25) is 9.69 Å². The van der Waals surface area contributed by atoms with Gasteiger partial charge >= 0.3 is 0 Å². The molecule has 2 heterocycles. The summed E-state index contributed by atoms with van der Waals surface area (Å²) < 4.78 is 34.7. The van der Waals surface area contributed by atoms with Crippen molar-refractivity contribution in [3.63, 3.8) is 0 Å². The average molecular weight is 438 g/mol. The maximum atomic E-state index is 13.3. The van der Waals surface area contributed by atoms with Crippen molar-refractivity contribution in [3.05, 3.63) is 78.0 Å². The molecule has 1 aliphatic rings. The topological polar surface area (TPSA) is 88.6 Å². The highest BCUT2D eigenvalue weighted by Gasteiger charge is 2.30. The lowest BCUT2D eigenvalue weighted by atomic mass is 10.1. The summed E-state index contributed by atoms with van der Waals surface area (Å²) in [5, 5.41) is 0. The summed E-state index contributed by atoms with van der Waals surface area (Å²) in [5.74, 6) is 0.829. The number of aromatic nitrogens is 1. The predicted octanol–water partition coefficient (Wildman–Crippen LogP) is 4.28. The number of sulfonamides is 1. The lowest BCUT2D eigenvalue weighted by molar-refractivity contribution is 0.0986. The first-order chi connectivity index (χ1) is 14.9. The second-order valence-electron chi connectivity index (χ2n) is 7.30. The number of pyridine rings is 1. The summed E-state index contributed by atoms with van der Waals surface area (Å²) in [6.07, 6.45) is 2.31. The van der Waals surface area contributed by atoms with Gasteiger partial charge in [0, 0.05) is 18.8 Å². The first-order valence-electron chi connectivity index (χ1n) is 10.1. The monoisotopic (exact) mass is 437 g/mol. The lowest BCUT2D eigenvalue weighted by Gasteiger charge is -2.20. The minimum atomic E-state index is -3.87. The van der Waals surface area contributed by atoms with Crippen LogP contribution >= 0.6 is 0 Å². The summed E-state index contributed by atoms with van der Waals surface area (Å²) in [5.41, 5.74) is 1.03. The highest BCUT2D eigenvalue weighted by atomic mass is 32.2. The minimum absolute atomic E-state index is 0.00125. The van der Waals surface area contributed by atoms with E-state index in [1.807, 2.05) is 37.3 Å². The van der Waals surface area contributed by atoms with Gasteiger partial charge in [0.15, 0.2) is 11.6 Å². The highest BCUT2D eigenvalue weighted by molar-refractivity contribution is 7.89. The van der Waals surface area contributed by atoms with Gasteiger partial charge in [0.1, 0.15) is 5.75 Å². The molecule has 0 saturated heterocycles. The van der Waals surface area contributed by atoms with Gasteiger partial charge in [-0.15, -0.1) is 0 Å². The molecule has 7 nitrogen and oxygen atoms in total. The maximum absolute atomic E-state index is 13.3. The van der Waals surface area contributed by atoms with Crippen LogP contribution in [0.4, 0.5) is 5.82 Å². The molecular weight excluding hydrogens is 414 g/mol. The van der Waals surface area contributed by atoms with E-state index < -0.39 is 16.1 Å². The molecule has 1 aromatic heterocycles. The molecule has 0 radical (unpaired) electrons. The van der Waals surface area contributed by atoms with Crippen LogP contribution in [-0.2, 0) is 10.0 Å². The smallest absolute Gasteiger partial charge is 0.263 e. The van der Waals surface area contributed by atoms with Crippen LogP contribution in [0, 0.1) is 0 Å². The Labute approximate surface area is 181 Å². The summed E-state index contributed by atoms with van der Waals surface area (Å²) in [6.45, 7) is 4.17. The van der Waals surface area contributed by atoms with E-state index in [9.17, 15) is 13.2 Å². The molecular formula is C23H23N3O4S. The zero-order chi connectivity index (χ0) is 22.0. The number of carbonyl (C=O) groups is 1. The zero-order valence-corrected chi connectivity index (χ0v) is 18.1. The van der Waals surface area contributed by atoms with Crippen molar-refractivity contribution in [1.29, 1.82) is 0 Å². The number of benzene rings is 2. The van der Waals surface area contributed by atoms with Crippen LogP contribution in [0.2, 0.25) is 0 Å². The van der Waals surface area contributed by atoms with Crippen LogP contribution in [0.5, 0.6) is 11.5 Å². The van der Waals surface area contributed by atoms with Gasteiger partial charge in [-0.1, -0.05) is 37.3 Å². The number of hydrogen-bond donors (Lipinski definition) is 1. The molecule has 0 saturated carbocycles. The predicted molar refractivity (Wildman–Crippen MR) is 118 cm³/mol. The first-order valence-corrected chi connectivity index (χ1v) is 11.5. The molecule has 1 aliphatic heterocycles. The van der Waals surface area contributed by atoms with E-state index in [0.29, 0.717) is 30.3 Å². The van der Waals surface area contributed by atoms with E-state index >= 15 is 0 Å². The van der Waals surface area contributed by atoms with E-state index in [0.717, 1.165) is 5.56 Å². The molecule has 160 valence electrons. The number of rotatable bonds is 6. The average Bonchev–Trinajstić information content (AvgIpc) is 2.89. The molecule has 0 aliphatic carbocycles. The molecule has 4 rings (SSSR count). The van der Waals surface area contributed by atoms with Crippen molar-refractivity contribution >= 4 is 21.7 Å². The third-order valence-corrected chi connectivity index (χ3v) is 6.58. The molecule has 8 heteroatoms. The van der Waals surface area contributed by atoms with Crippen molar-refractivity contribution in [2.75, 3.05) is 11.4 Å². The van der Waals surface area contributed by atoms with Gasteiger partial charge in [-0.05, 0) is 49.2 Å². The molecule has 0 unspecified atom stereocenters. The SMILES string of the molecule is CCCN1C(=O)c2cc(S(=O)(=O)N[C@@H](C)c3ccccc3)ccc2Oc2cccnc21. The second-order valence-corrected chi connectivity index (χ2v) is 9.01. The molecule has 0 fully saturated rings. The fraction of sp³-hybridized carbons (Fsp3) is 0.217. The van der Waals surface area contributed by atoms with E-state index in [4.69, 9.17) is 4.74 Å². The summed E-state index contributed by atoms with van der Waals surface area (Å²) >= 11 is 0. The molecule has 0 spiro atoms. The fourth-order valence-corrected chi connectivity index (χ4v) is 4.76. The van der Waals surface area contributed by atoms with Gasteiger partial charge in [-0.25, -0.2) is 18.1 Å². The highest BCUT2D eigenvalue weighted by Crippen LogP contribution is 2.38. The van der Waals surface area contributed by atoms with E-state index in [1.54, 1.807) is 25.3 Å². The summed E-state index contributed by atoms with van der Waals surface area (Å²) in [6, 6.07) is 16.7. The summed E-state index contributed by atoms with van der Waals surface area (Å²) in [7, 11) is -3.87. The van der Waals surface area contributed by atoms with Crippen LogP contribution in [-0.4, -0.2) is 25.9 Å². The Morgan fingerprint density at radius 3 is 2.58 bits per heavy atom. The standard InChI is InChI=1S/C23H23N3O4S/c1-3-14-26-22-21(10-7-13-24-22)30-20-12-11-18(15-19(20)23(26)27)31(28,29)25-16(2)17-8-5-4-6-9-17/h4-13,15-16,25H,3,14H2,1-2H3/t16-/m0/s1. The first kappa shape index (κ1) is 21.0. The Bertz CT molecular complexity index is 1210. The van der Waals surface area contributed by atoms with Crippen molar-refractivity contribution in [3.8, 4) is 11.5 Å². The van der Waals surface area contributed by atoms with E-state index in [1.165, 1.54) is 23.1 Å². The number of ether oxygens (including phenoxy) is 1. The molecule has 1 amide bonds. The van der Waals surface area contributed by atoms with Crippen molar-refractivity contribution < 1.29 is 17.9 Å². The number of nitrogens with one attached hydrogen (secondary N) is 1. The second kappa shape index (κ2) is 8.49. The van der Waals surface area contributed by atoms with Crippen LogP contribution in [0.3, 0.4) is 0 Å². The third-order valence-electron chi connectivity index (χ3n) is 5.04. The van der Waals surface area contributed by atoms with Gasteiger partial charge in [-0.2, -0.15) is 0 Å². The third kappa shape index (κ3) is 4.17. The fourth-order valence-electron chi connectivity index (χ4n) is 3.50. The van der Waals surface area contributed by atoms with Gasteiger partial charge in [0.25, 0.3) is 5.91 Å². The van der Waals surface area contributed by atoms with Gasteiger partial charge in [0.05, 0.1) is 10.5 Å². The normalized spacial score (nSPS) is 14.3. The number of anilines is 1. The largest absolute Gasteiger partial charge is 0.453 e. The number of fused-ring (bicyclic) bond motifs is 2. The minimum Gasteiger partial charge on any atom is -0.453 e. The molecule has 1 atom stereocenters.